The van der Waals surface area contributed by atoms with Gasteiger partial charge in [-0.05, 0) is 31.2 Å². The van der Waals surface area contributed by atoms with E-state index in [0.29, 0.717) is 4.90 Å². The Kier molecular flexibility index (Phi) is 5.13. The van der Waals surface area contributed by atoms with Gasteiger partial charge in [0.25, 0.3) is 0 Å². The predicted octanol–water partition coefficient (Wildman–Crippen LogP) is 4.13. The average Bonchev–Trinajstić information content (AvgIpc) is 2.45. The zero-order chi connectivity index (χ0) is 14.6. The van der Waals surface area contributed by atoms with Gasteiger partial charge in [-0.2, -0.15) is 0 Å². The molecule has 0 amide bonds. The summed E-state index contributed by atoms with van der Waals surface area (Å²) in [4.78, 5) is 1.22. The summed E-state index contributed by atoms with van der Waals surface area (Å²) in [6.07, 6.45) is 0. The fourth-order valence-electron chi connectivity index (χ4n) is 1.78. The van der Waals surface area contributed by atoms with Crippen LogP contribution in [-0.2, 0) is 9.84 Å². The molecule has 106 valence electrons. The van der Waals surface area contributed by atoms with E-state index >= 15 is 0 Å². The second-order valence-corrected chi connectivity index (χ2v) is 8.39. The molecule has 0 bridgehead atoms. The van der Waals surface area contributed by atoms with E-state index < -0.39 is 14.4 Å². The van der Waals surface area contributed by atoms with Gasteiger partial charge < -0.3 is 0 Å². The molecule has 0 aromatic heterocycles. The van der Waals surface area contributed by atoms with Gasteiger partial charge in [0.15, 0.2) is 9.84 Å². The van der Waals surface area contributed by atoms with Crippen molar-refractivity contribution in [3.8, 4) is 0 Å². The molecule has 0 saturated carbocycles. The SMILES string of the molecule is Cc1cccc(SC(CCl)S(=O)(=O)c2ccccc2)c1. The first-order chi connectivity index (χ1) is 9.54. The average molecular weight is 327 g/mol. The molecule has 2 aromatic carbocycles. The third-order valence-electron chi connectivity index (χ3n) is 2.80. The van der Waals surface area contributed by atoms with E-state index in [2.05, 4.69) is 0 Å². The van der Waals surface area contributed by atoms with Crippen LogP contribution in [0.25, 0.3) is 0 Å². The molecule has 1 atom stereocenters. The van der Waals surface area contributed by atoms with Crippen molar-refractivity contribution in [2.75, 3.05) is 5.88 Å². The number of sulfone groups is 1. The maximum Gasteiger partial charge on any atom is 0.192 e. The molecule has 20 heavy (non-hydrogen) atoms. The molecule has 0 heterocycles. The van der Waals surface area contributed by atoms with Crippen molar-refractivity contribution in [3.05, 3.63) is 60.2 Å². The Balaban J connectivity index is 2.29. The highest BCUT2D eigenvalue weighted by Crippen LogP contribution is 2.31. The highest BCUT2D eigenvalue weighted by molar-refractivity contribution is 8.13. The normalized spacial score (nSPS) is 13.1. The molecule has 0 aliphatic rings. The van der Waals surface area contributed by atoms with Crippen LogP contribution in [0.15, 0.2) is 64.4 Å². The Morgan fingerprint density at radius 2 is 1.80 bits per heavy atom. The van der Waals surface area contributed by atoms with Gasteiger partial charge in [0.05, 0.1) is 4.90 Å². The minimum Gasteiger partial charge on any atom is -0.222 e. The number of halogens is 1. The summed E-state index contributed by atoms with van der Waals surface area (Å²) in [7, 11) is -3.43. The number of rotatable bonds is 5. The van der Waals surface area contributed by atoms with Gasteiger partial charge in [-0.3, -0.25) is 0 Å². The van der Waals surface area contributed by atoms with E-state index in [4.69, 9.17) is 11.6 Å². The van der Waals surface area contributed by atoms with Crippen LogP contribution in [0.5, 0.6) is 0 Å². The summed E-state index contributed by atoms with van der Waals surface area (Å²) < 4.78 is 24.4. The van der Waals surface area contributed by atoms with Crippen LogP contribution in [0.2, 0.25) is 0 Å². The van der Waals surface area contributed by atoms with Crippen molar-refractivity contribution in [1.29, 1.82) is 0 Å². The number of hydrogen-bond donors (Lipinski definition) is 0. The van der Waals surface area contributed by atoms with Crippen LogP contribution >= 0.6 is 23.4 Å². The molecule has 5 heteroatoms. The predicted molar refractivity (Wildman–Crippen MR) is 85.2 cm³/mol. The van der Waals surface area contributed by atoms with Crippen LogP contribution < -0.4 is 0 Å². The number of hydrogen-bond acceptors (Lipinski definition) is 3. The molecule has 0 aliphatic carbocycles. The summed E-state index contributed by atoms with van der Waals surface area (Å²) in [6.45, 7) is 1.98. The zero-order valence-electron chi connectivity index (χ0n) is 11.0. The van der Waals surface area contributed by atoms with Crippen molar-refractivity contribution < 1.29 is 8.42 Å². The number of benzene rings is 2. The van der Waals surface area contributed by atoms with Crippen LogP contribution in [0, 0.1) is 6.92 Å². The summed E-state index contributed by atoms with van der Waals surface area (Å²) >= 11 is 7.18. The second kappa shape index (κ2) is 6.66. The van der Waals surface area contributed by atoms with Gasteiger partial charge in [-0.1, -0.05) is 35.9 Å². The molecule has 0 N–H and O–H groups in total. The first-order valence-electron chi connectivity index (χ1n) is 6.12. The highest BCUT2D eigenvalue weighted by atomic mass is 35.5. The lowest BCUT2D eigenvalue weighted by molar-refractivity contribution is 0.595. The minimum atomic E-state index is -3.43. The quantitative estimate of drug-likeness (QED) is 0.612. The second-order valence-electron chi connectivity index (χ2n) is 4.38. The fraction of sp³-hybridized carbons (Fsp3) is 0.200. The van der Waals surface area contributed by atoms with Gasteiger partial charge in [0.1, 0.15) is 4.58 Å². The van der Waals surface area contributed by atoms with Gasteiger partial charge in [0, 0.05) is 10.8 Å². The van der Waals surface area contributed by atoms with E-state index in [1.165, 1.54) is 11.8 Å². The smallest absolute Gasteiger partial charge is 0.192 e. The minimum absolute atomic E-state index is 0.0514. The summed E-state index contributed by atoms with van der Waals surface area (Å²) in [5.74, 6) is 0.0514. The van der Waals surface area contributed by atoms with E-state index in [1.807, 2.05) is 31.2 Å². The lowest BCUT2D eigenvalue weighted by Crippen LogP contribution is -2.19. The Hall–Kier alpha value is -0.970. The van der Waals surface area contributed by atoms with Crippen LogP contribution in [0.3, 0.4) is 0 Å². The molecular weight excluding hydrogens is 312 g/mol. The Morgan fingerprint density at radius 3 is 2.40 bits per heavy atom. The summed E-state index contributed by atoms with van der Waals surface area (Å²) in [5.41, 5.74) is 1.10. The lowest BCUT2D eigenvalue weighted by atomic mass is 10.2. The molecular formula is C15H15ClO2S2. The molecule has 2 rings (SSSR count). The van der Waals surface area contributed by atoms with Gasteiger partial charge in [0.2, 0.25) is 0 Å². The highest BCUT2D eigenvalue weighted by Gasteiger charge is 2.27. The van der Waals surface area contributed by atoms with Crippen molar-refractivity contribution in [2.24, 2.45) is 0 Å². The lowest BCUT2D eigenvalue weighted by Gasteiger charge is -2.15. The van der Waals surface area contributed by atoms with E-state index in [0.717, 1.165) is 10.5 Å². The standard InChI is InChI=1S/C15H15ClO2S2/c1-12-6-5-7-13(10-12)19-15(11-16)20(17,18)14-8-3-2-4-9-14/h2-10,15H,11H2,1H3. The molecule has 0 fully saturated rings. The van der Waals surface area contributed by atoms with E-state index in [9.17, 15) is 8.42 Å². The third kappa shape index (κ3) is 3.57. The van der Waals surface area contributed by atoms with Crippen LogP contribution in [-0.4, -0.2) is 18.9 Å². The topological polar surface area (TPSA) is 34.1 Å². The summed E-state index contributed by atoms with van der Waals surface area (Å²) in [6, 6.07) is 16.2. The number of aryl methyl sites for hydroxylation is 1. The first kappa shape index (κ1) is 15.4. The molecule has 0 aliphatic heterocycles. The molecule has 2 aromatic rings. The van der Waals surface area contributed by atoms with E-state index in [1.54, 1.807) is 30.3 Å². The van der Waals surface area contributed by atoms with Crippen molar-refractivity contribution >= 4 is 33.2 Å². The van der Waals surface area contributed by atoms with Gasteiger partial charge >= 0.3 is 0 Å². The van der Waals surface area contributed by atoms with Gasteiger partial charge in [-0.25, -0.2) is 8.42 Å². The Bertz CT molecular complexity index is 669. The maximum absolute atomic E-state index is 12.5. The molecule has 0 saturated heterocycles. The molecule has 1 unspecified atom stereocenters. The first-order valence-corrected chi connectivity index (χ1v) is 9.08. The van der Waals surface area contributed by atoms with Crippen molar-refractivity contribution in [2.45, 2.75) is 21.3 Å². The van der Waals surface area contributed by atoms with Crippen LogP contribution in [0.1, 0.15) is 5.56 Å². The Labute approximate surface area is 129 Å². The fourth-order valence-corrected chi connectivity index (χ4v) is 5.42. The Morgan fingerprint density at radius 1 is 1.10 bits per heavy atom. The van der Waals surface area contributed by atoms with Crippen LogP contribution in [0.4, 0.5) is 0 Å². The number of alkyl halides is 1. The van der Waals surface area contributed by atoms with Crippen molar-refractivity contribution in [3.63, 3.8) is 0 Å². The monoisotopic (exact) mass is 326 g/mol. The molecule has 2 nitrogen and oxygen atoms in total. The van der Waals surface area contributed by atoms with Crippen molar-refractivity contribution in [1.82, 2.24) is 0 Å². The largest absolute Gasteiger partial charge is 0.222 e. The zero-order valence-corrected chi connectivity index (χ0v) is 13.4. The molecule has 0 radical (unpaired) electrons. The number of thioether (sulfide) groups is 1. The van der Waals surface area contributed by atoms with Gasteiger partial charge in [-0.15, -0.1) is 23.4 Å². The third-order valence-corrected chi connectivity index (χ3v) is 7.27. The summed E-state index contributed by atoms with van der Waals surface area (Å²) in [5, 5.41) is 0. The van der Waals surface area contributed by atoms with E-state index in [-0.39, 0.29) is 5.88 Å². The molecule has 0 spiro atoms. The maximum atomic E-state index is 12.5.